The summed E-state index contributed by atoms with van der Waals surface area (Å²) in [6.07, 6.45) is 0. The van der Waals surface area contributed by atoms with Gasteiger partial charge in [-0.1, -0.05) is 29.4 Å². The van der Waals surface area contributed by atoms with Gasteiger partial charge < -0.3 is 28.5 Å². The van der Waals surface area contributed by atoms with E-state index in [9.17, 15) is 0 Å². The number of hydrogen-bond acceptors (Lipinski definition) is 8. The standard InChI is InChI=1S/C25H22N4O5/c1-30-17-9-10-18-19(13-17)27-23(26-18)14-5-7-15(8-6-14)24-28-25(34-29-24)16-11-20(31-2)22(33-4)21(12-16)32-3/h5-13H,1-4H3,(H,26,27). The first-order chi connectivity index (χ1) is 16.6. The molecule has 9 nitrogen and oxygen atoms in total. The van der Waals surface area contributed by atoms with Crippen molar-refractivity contribution in [2.45, 2.75) is 0 Å². The zero-order valence-electron chi connectivity index (χ0n) is 19.1. The molecule has 0 aliphatic carbocycles. The van der Waals surface area contributed by atoms with E-state index >= 15 is 0 Å². The van der Waals surface area contributed by atoms with Gasteiger partial charge in [-0.25, -0.2) is 4.98 Å². The van der Waals surface area contributed by atoms with Crippen LogP contribution < -0.4 is 18.9 Å². The van der Waals surface area contributed by atoms with E-state index in [1.807, 2.05) is 42.5 Å². The van der Waals surface area contributed by atoms with Gasteiger partial charge in [0.15, 0.2) is 11.5 Å². The van der Waals surface area contributed by atoms with E-state index < -0.39 is 0 Å². The van der Waals surface area contributed by atoms with Crippen molar-refractivity contribution in [3.05, 3.63) is 54.6 Å². The van der Waals surface area contributed by atoms with Crippen LogP contribution in [0.3, 0.4) is 0 Å². The maximum Gasteiger partial charge on any atom is 0.258 e. The maximum atomic E-state index is 5.51. The predicted octanol–water partition coefficient (Wildman–Crippen LogP) is 4.98. The molecule has 0 bridgehead atoms. The van der Waals surface area contributed by atoms with Gasteiger partial charge in [-0.2, -0.15) is 4.98 Å². The molecule has 0 saturated heterocycles. The van der Waals surface area contributed by atoms with Crippen molar-refractivity contribution in [1.82, 2.24) is 20.1 Å². The van der Waals surface area contributed by atoms with Gasteiger partial charge in [0, 0.05) is 22.8 Å². The van der Waals surface area contributed by atoms with Crippen molar-refractivity contribution >= 4 is 11.0 Å². The Hall–Kier alpha value is -4.53. The fourth-order valence-electron chi connectivity index (χ4n) is 3.69. The minimum absolute atomic E-state index is 0.338. The van der Waals surface area contributed by atoms with Crippen molar-refractivity contribution < 1.29 is 23.5 Å². The van der Waals surface area contributed by atoms with Gasteiger partial charge in [-0.3, -0.25) is 0 Å². The van der Waals surface area contributed by atoms with Gasteiger partial charge in [0.2, 0.25) is 11.6 Å². The average molecular weight is 458 g/mol. The van der Waals surface area contributed by atoms with E-state index in [1.54, 1.807) is 40.6 Å². The van der Waals surface area contributed by atoms with Crippen molar-refractivity contribution in [3.63, 3.8) is 0 Å². The van der Waals surface area contributed by atoms with E-state index in [0.29, 0.717) is 34.5 Å². The van der Waals surface area contributed by atoms with Crippen LogP contribution in [0.2, 0.25) is 0 Å². The number of methoxy groups -OCH3 is 4. The number of aromatic nitrogens is 4. The fraction of sp³-hybridized carbons (Fsp3) is 0.160. The SMILES string of the molecule is COc1ccc2nc(-c3ccc(-c4noc(-c5cc(OC)c(OC)c(OC)c5)n4)cc3)[nH]c2c1. The Bertz CT molecular complexity index is 1430. The van der Waals surface area contributed by atoms with Gasteiger partial charge in [-0.15, -0.1) is 0 Å². The molecule has 2 aromatic heterocycles. The topological polar surface area (TPSA) is 105 Å². The molecule has 172 valence electrons. The second-order valence-electron chi connectivity index (χ2n) is 7.38. The lowest BCUT2D eigenvalue weighted by molar-refractivity contribution is 0.324. The van der Waals surface area contributed by atoms with Crippen LogP contribution in [-0.2, 0) is 0 Å². The molecule has 0 radical (unpaired) electrons. The Morgan fingerprint density at radius 2 is 1.41 bits per heavy atom. The number of rotatable bonds is 7. The van der Waals surface area contributed by atoms with Crippen LogP contribution in [0.1, 0.15) is 0 Å². The normalized spacial score (nSPS) is 10.9. The van der Waals surface area contributed by atoms with E-state index in [-0.39, 0.29) is 0 Å². The second-order valence-corrected chi connectivity index (χ2v) is 7.38. The number of nitrogens with one attached hydrogen (secondary N) is 1. The Balaban J connectivity index is 1.43. The van der Waals surface area contributed by atoms with Crippen molar-refractivity contribution in [2.24, 2.45) is 0 Å². The Morgan fingerprint density at radius 3 is 2.06 bits per heavy atom. The smallest absolute Gasteiger partial charge is 0.258 e. The molecule has 0 aliphatic heterocycles. The Labute approximate surface area is 195 Å². The summed E-state index contributed by atoms with van der Waals surface area (Å²) in [6, 6.07) is 17.0. The minimum atomic E-state index is 0.338. The molecule has 9 heteroatoms. The van der Waals surface area contributed by atoms with Crippen LogP contribution in [-0.4, -0.2) is 48.5 Å². The molecule has 0 unspecified atom stereocenters. The summed E-state index contributed by atoms with van der Waals surface area (Å²) in [4.78, 5) is 12.5. The summed E-state index contributed by atoms with van der Waals surface area (Å²) >= 11 is 0. The second kappa shape index (κ2) is 8.78. The largest absolute Gasteiger partial charge is 0.497 e. The summed E-state index contributed by atoms with van der Waals surface area (Å²) in [5.41, 5.74) is 4.18. The van der Waals surface area contributed by atoms with Gasteiger partial charge >= 0.3 is 0 Å². The number of fused-ring (bicyclic) bond motifs is 1. The van der Waals surface area contributed by atoms with E-state index in [4.69, 9.17) is 23.5 Å². The lowest BCUT2D eigenvalue weighted by Crippen LogP contribution is -1.95. The van der Waals surface area contributed by atoms with Gasteiger partial charge in [0.05, 0.1) is 39.5 Å². The zero-order chi connectivity index (χ0) is 23.7. The Kier molecular flexibility index (Phi) is 5.51. The van der Waals surface area contributed by atoms with Crippen LogP contribution in [0.4, 0.5) is 0 Å². The number of imidazole rings is 1. The highest BCUT2D eigenvalue weighted by atomic mass is 16.5. The summed E-state index contributed by atoms with van der Waals surface area (Å²) < 4.78 is 27.0. The minimum Gasteiger partial charge on any atom is -0.497 e. The molecule has 1 N–H and O–H groups in total. The van der Waals surface area contributed by atoms with E-state index in [0.717, 1.165) is 33.7 Å². The molecule has 0 atom stereocenters. The number of hydrogen-bond donors (Lipinski definition) is 1. The van der Waals surface area contributed by atoms with Gasteiger partial charge in [0.1, 0.15) is 11.6 Å². The summed E-state index contributed by atoms with van der Waals surface area (Å²) in [6.45, 7) is 0. The number of aromatic amines is 1. The molecule has 0 amide bonds. The Morgan fingerprint density at radius 1 is 0.706 bits per heavy atom. The molecule has 3 aromatic carbocycles. The molecule has 5 aromatic rings. The summed E-state index contributed by atoms with van der Waals surface area (Å²) in [7, 11) is 6.31. The van der Waals surface area contributed by atoms with E-state index in [2.05, 4.69) is 20.1 Å². The van der Waals surface area contributed by atoms with Crippen molar-refractivity contribution in [1.29, 1.82) is 0 Å². The van der Waals surface area contributed by atoms with Crippen LogP contribution in [0.15, 0.2) is 59.1 Å². The summed E-state index contributed by atoms with van der Waals surface area (Å²) in [5, 5.41) is 4.14. The zero-order valence-corrected chi connectivity index (χ0v) is 19.1. The highest BCUT2D eigenvalue weighted by Crippen LogP contribution is 2.41. The predicted molar refractivity (Wildman–Crippen MR) is 126 cm³/mol. The van der Waals surface area contributed by atoms with Crippen molar-refractivity contribution in [3.8, 4) is 57.2 Å². The fourth-order valence-corrected chi connectivity index (χ4v) is 3.69. The molecule has 0 aliphatic rings. The van der Waals surface area contributed by atoms with E-state index in [1.165, 1.54) is 0 Å². The third-order valence-corrected chi connectivity index (χ3v) is 5.44. The molecular formula is C25H22N4O5. The lowest BCUT2D eigenvalue weighted by atomic mass is 10.1. The van der Waals surface area contributed by atoms with Crippen LogP contribution in [0.25, 0.3) is 45.3 Å². The highest BCUT2D eigenvalue weighted by Gasteiger charge is 2.18. The first kappa shape index (κ1) is 21.3. The third-order valence-electron chi connectivity index (χ3n) is 5.44. The van der Waals surface area contributed by atoms with Crippen LogP contribution >= 0.6 is 0 Å². The summed E-state index contributed by atoms with van der Waals surface area (Å²) in [5.74, 6) is 3.84. The molecular weight excluding hydrogens is 436 g/mol. The lowest BCUT2D eigenvalue weighted by Gasteiger charge is -2.12. The molecule has 0 saturated carbocycles. The molecule has 34 heavy (non-hydrogen) atoms. The maximum absolute atomic E-state index is 5.51. The first-order valence-electron chi connectivity index (χ1n) is 10.4. The quantitative estimate of drug-likeness (QED) is 0.364. The number of nitrogens with zero attached hydrogens (tertiary/aromatic N) is 3. The number of benzene rings is 3. The number of H-pyrrole nitrogens is 1. The van der Waals surface area contributed by atoms with Gasteiger partial charge in [0.25, 0.3) is 5.89 Å². The molecule has 0 spiro atoms. The third kappa shape index (κ3) is 3.77. The van der Waals surface area contributed by atoms with Crippen LogP contribution in [0, 0.1) is 0 Å². The highest BCUT2D eigenvalue weighted by molar-refractivity contribution is 5.81. The monoisotopic (exact) mass is 458 g/mol. The van der Waals surface area contributed by atoms with Crippen molar-refractivity contribution in [2.75, 3.05) is 28.4 Å². The van der Waals surface area contributed by atoms with Crippen LogP contribution in [0.5, 0.6) is 23.0 Å². The number of ether oxygens (including phenoxy) is 4. The van der Waals surface area contributed by atoms with Gasteiger partial charge in [-0.05, 0) is 24.3 Å². The molecule has 2 heterocycles. The first-order valence-corrected chi connectivity index (χ1v) is 10.4. The average Bonchev–Trinajstić information content (AvgIpc) is 3.55. The molecule has 5 rings (SSSR count). The molecule has 0 fully saturated rings.